The Balaban J connectivity index is 1.52. The van der Waals surface area contributed by atoms with Gasteiger partial charge in [0.2, 0.25) is 0 Å². The Morgan fingerprint density at radius 1 is 1.25 bits per heavy atom. The summed E-state index contributed by atoms with van der Waals surface area (Å²) in [4.78, 5) is 4.39. The maximum atomic E-state index is 4.68. The monoisotopic (exact) mass is 270 g/mol. The summed E-state index contributed by atoms with van der Waals surface area (Å²) in [5.74, 6) is 0. The maximum absolute atomic E-state index is 4.68. The Labute approximate surface area is 120 Å². The van der Waals surface area contributed by atoms with Gasteiger partial charge < -0.3 is 5.32 Å². The lowest BCUT2D eigenvalue weighted by molar-refractivity contribution is 0.460. The lowest BCUT2D eigenvalue weighted by atomic mass is 10.2. The van der Waals surface area contributed by atoms with E-state index in [-0.39, 0.29) is 0 Å². The molecule has 20 heavy (non-hydrogen) atoms. The van der Waals surface area contributed by atoms with Gasteiger partial charge in [0.05, 0.1) is 17.4 Å². The van der Waals surface area contributed by atoms with Gasteiger partial charge in [-0.1, -0.05) is 18.9 Å². The van der Waals surface area contributed by atoms with Gasteiger partial charge in [-0.05, 0) is 37.5 Å². The number of nitrogens with one attached hydrogen (secondary N) is 1. The van der Waals surface area contributed by atoms with Crippen LogP contribution in [0.25, 0.3) is 0 Å². The lowest BCUT2D eigenvalue weighted by Crippen LogP contribution is -2.15. The van der Waals surface area contributed by atoms with E-state index in [1.54, 1.807) is 0 Å². The first-order valence-electron chi connectivity index (χ1n) is 7.48. The Bertz CT molecular complexity index is 555. The number of hydrogen-bond acceptors (Lipinski definition) is 3. The molecule has 4 heteroatoms. The van der Waals surface area contributed by atoms with Gasteiger partial charge in [-0.2, -0.15) is 5.10 Å². The van der Waals surface area contributed by atoms with Crippen molar-refractivity contribution in [1.82, 2.24) is 20.1 Å². The highest BCUT2D eigenvalue weighted by molar-refractivity contribution is 5.17. The predicted molar refractivity (Wildman–Crippen MR) is 79.2 cm³/mol. The summed E-state index contributed by atoms with van der Waals surface area (Å²) in [5, 5.41) is 8.10. The minimum absolute atomic E-state index is 0.627. The zero-order valence-electron chi connectivity index (χ0n) is 12.0. The van der Waals surface area contributed by atoms with Crippen LogP contribution in [0.3, 0.4) is 0 Å². The molecule has 3 rings (SSSR count). The molecule has 0 atom stereocenters. The van der Waals surface area contributed by atoms with Gasteiger partial charge in [0.1, 0.15) is 0 Å². The van der Waals surface area contributed by atoms with Crippen molar-refractivity contribution in [1.29, 1.82) is 0 Å². The molecule has 0 aliphatic heterocycles. The summed E-state index contributed by atoms with van der Waals surface area (Å²) >= 11 is 0. The van der Waals surface area contributed by atoms with Crippen LogP contribution >= 0.6 is 0 Å². The fourth-order valence-corrected chi connectivity index (χ4v) is 2.86. The van der Waals surface area contributed by atoms with Gasteiger partial charge in [-0.25, -0.2) is 0 Å². The normalized spacial score (nSPS) is 15.8. The molecule has 2 aromatic heterocycles. The average molecular weight is 270 g/mol. The van der Waals surface area contributed by atoms with Crippen LogP contribution in [-0.4, -0.2) is 14.8 Å². The number of hydrogen-bond donors (Lipinski definition) is 1. The number of aryl methyl sites for hydroxylation is 1. The number of rotatable bonds is 5. The van der Waals surface area contributed by atoms with E-state index in [4.69, 9.17) is 0 Å². The molecule has 1 aliphatic rings. The highest BCUT2D eigenvalue weighted by Gasteiger charge is 2.17. The molecule has 2 aromatic rings. The van der Waals surface area contributed by atoms with Crippen molar-refractivity contribution in [3.63, 3.8) is 0 Å². The molecular weight excluding hydrogens is 248 g/mol. The second kappa shape index (κ2) is 6.18. The van der Waals surface area contributed by atoms with E-state index in [2.05, 4.69) is 45.3 Å². The minimum Gasteiger partial charge on any atom is -0.305 e. The summed E-state index contributed by atoms with van der Waals surface area (Å²) < 4.78 is 2.15. The van der Waals surface area contributed by atoms with Gasteiger partial charge in [0, 0.05) is 25.5 Å². The summed E-state index contributed by atoms with van der Waals surface area (Å²) in [6.07, 6.45) is 9.22. The van der Waals surface area contributed by atoms with Crippen LogP contribution in [0.2, 0.25) is 0 Å². The zero-order valence-corrected chi connectivity index (χ0v) is 12.0. The first kappa shape index (κ1) is 13.3. The van der Waals surface area contributed by atoms with Crippen molar-refractivity contribution >= 4 is 0 Å². The van der Waals surface area contributed by atoms with Crippen molar-refractivity contribution in [3.8, 4) is 0 Å². The molecule has 2 heterocycles. The third kappa shape index (κ3) is 3.07. The average Bonchev–Trinajstić information content (AvgIpc) is 3.11. The Morgan fingerprint density at radius 3 is 2.90 bits per heavy atom. The van der Waals surface area contributed by atoms with Crippen molar-refractivity contribution in [2.45, 2.75) is 51.7 Å². The molecular formula is C16H22N4. The fraction of sp³-hybridized carbons (Fsp3) is 0.500. The zero-order chi connectivity index (χ0) is 13.8. The second-order valence-electron chi connectivity index (χ2n) is 5.60. The van der Waals surface area contributed by atoms with Crippen LogP contribution in [-0.2, 0) is 13.1 Å². The van der Waals surface area contributed by atoms with Crippen LogP contribution in [0.5, 0.6) is 0 Å². The third-order valence-electron chi connectivity index (χ3n) is 4.08. The quantitative estimate of drug-likeness (QED) is 0.908. The molecule has 106 valence electrons. The van der Waals surface area contributed by atoms with Crippen molar-refractivity contribution in [3.05, 3.63) is 47.5 Å². The van der Waals surface area contributed by atoms with Gasteiger partial charge in [-0.15, -0.1) is 0 Å². The van der Waals surface area contributed by atoms with Gasteiger partial charge in [0.15, 0.2) is 0 Å². The van der Waals surface area contributed by atoms with E-state index in [1.165, 1.54) is 31.2 Å². The molecule has 0 amide bonds. The molecule has 4 nitrogen and oxygen atoms in total. The maximum Gasteiger partial charge on any atom is 0.0762 e. The Hall–Kier alpha value is -1.68. The van der Waals surface area contributed by atoms with Crippen molar-refractivity contribution in [2.75, 3.05) is 0 Å². The summed E-state index contributed by atoms with van der Waals surface area (Å²) in [6.45, 7) is 3.69. The Morgan fingerprint density at radius 2 is 2.10 bits per heavy atom. The number of aromatic nitrogens is 3. The van der Waals surface area contributed by atoms with E-state index >= 15 is 0 Å². The van der Waals surface area contributed by atoms with Gasteiger partial charge in [-0.3, -0.25) is 9.67 Å². The molecule has 0 unspecified atom stereocenters. The largest absolute Gasteiger partial charge is 0.305 e. The molecule has 0 radical (unpaired) electrons. The summed E-state index contributed by atoms with van der Waals surface area (Å²) in [6, 6.07) is 6.82. The minimum atomic E-state index is 0.627. The van der Waals surface area contributed by atoms with E-state index in [0.29, 0.717) is 6.04 Å². The van der Waals surface area contributed by atoms with Crippen molar-refractivity contribution in [2.24, 2.45) is 0 Å². The highest BCUT2D eigenvalue weighted by atomic mass is 15.3. The molecule has 1 N–H and O–H groups in total. The van der Waals surface area contributed by atoms with Gasteiger partial charge in [0.25, 0.3) is 0 Å². The molecule has 0 bridgehead atoms. The topological polar surface area (TPSA) is 42.7 Å². The smallest absolute Gasteiger partial charge is 0.0762 e. The molecule has 0 aromatic carbocycles. The standard InChI is InChI=1S/C16H22N4/c1-13-5-4-9-18-16(13)12-17-11-14-8-10-20(19-14)15-6-2-3-7-15/h4-5,8-10,15,17H,2-3,6-7,11-12H2,1H3. The summed E-state index contributed by atoms with van der Waals surface area (Å²) in [5.41, 5.74) is 3.46. The molecule has 0 spiro atoms. The first-order valence-corrected chi connectivity index (χ1v) is 7.48. The fourth-order valence-electron chi connectivity index (χ4n) is 2.86. The van der Waals surface area contributed by atoms with Crippen LogP contribution in [0.4, 0.5) is 0 Å². The Kier molecular flexibility index (Phi) is 4.11. The number of pyridine rings is 1. The van der Waals surface area contributed by atoms with Crippen LogP contribution < -0.4 is 5.32 Å². The van der Waals surface area contributed by atoms with Crippen molar-refractivity contribution < 1.29 is 0 Å². The molecule has 1 saturated carbocycles. The van der Waals surface area contributed by atoms with Crippen LogP contribution in [0.1, 0.15) is 48.7 Å². The first-order chi connectivity index (χ1) is 9.83. The number of nitrogens with zero attached hydrogens (tertiary/aromatic N) is 3. The van der Waals surface area contributed by atoms with E-state index < -0.39 is 0 Å². The van der Waals surface area contributed by atoms with E-state index in [0.717, 1.165) is 24.5 Å². The SMILES string of the molecule is Cc1cccnc1CNCc1ccn(C2CCCC2)n1. The van der Waals surface area contributed by atoms with E-state index in [1.807, 2.05) is 12.3 Å². The van der Waals surface area contributed by atoms with Crippen LogP contribution in [0, 0.1) is 6.92 Å². The third-order valence-corrected chi connectivity index (χ3v) is 4.08. The predicted octanol–water partition coefficient (Wildman–Crippen LogP) is 2.99. The summed E-state index contributed by atoms with van der Waals surface area (Å²) in [7, 11) is 0. The van der Waals surface area contributed by atoms with Crippen LogP contribution in [0.15, 0.2) is 30.6 Å². The lowest BCUT2D eigenvalue weighted by Gasteiger charge is -2.09. The second-order valence-corrected chi connectivity index (χ2v) is 5.60. The molecule has 1 aliphatic carbocycles. The molecule has 0 saturated heterocycles. The highest BCUT2D eigenvalue weighted by Crippen LogP contribution is 2.28. The van der Waals surface area contributed by atoms with Gasteiger partial charge >= 0.3 is 0 Å². The molecule has 1 fully saturated rings. The van der Waals surface area contributed by atoms with E-state index in [9.17, 15) is 0 Å².